The third kappa shape index (κ3) is 3.06. The van der Waals surface area contributed by atoms with E-state index < -0.39 is 6.04 Å². The van der Waals surface area contributed by atoms with Crippen LogP contribution in [0.4, 0.5) is 5.69 Å². The first-order chi connectivity index (χ1) is 9.49. The molecule has 2 aromatic rings. The lowest BCUT2D eigenvalue weighted by atomic mass is 10.1. The smallest absolute Gasteiger partial charge is 0.248 e. The minimum Gasteiger partial charge on any atom is -0.316 e. The van der Waals surface area contributed by atoms with Crippen molar-refractivity contribution in [2.45, 2.75) is 19.9 Å². The van der Waals surface area contributed by atoms with E-state index in [2.05, 4.69) is 6.07 Å². The highest BCUT2D eigenvalue weighted by atomic mass is 16.2. The molecule has 104 valence electrons. The van der Waals surface area contributed by atoms with Crippen LogP contribution < -0.4 is 10.6 Å². The van der Waals surface area contributed by atoms with Crippen LogP contribution in [0.15, 0.2) is 48.5 Å². The van der Waals surface area contributed by atoms with Crippen LogP contribution in [0.3, 0.4) is 0 Å². The van der Waals surface area contributed by atoms with Crippen molar-refractivity contribution in [2.24, 2.45) is 5.73 Å². The summed E-state index contributed by atoms with van der Waals surface area (Å²) in [5.41, 5.74) is 10.0. The summed E-state index contributed by atoms with van der Waals surface area (Å²) in [5.74, 6) is -0.110. The van der Waals surface area contributed by atoms with E-state index in [1.54, 1.807) is 11.9 Å². The molecule has 0 saturated carbocycles. The van der Waals surface area contributed by atoms with E-state index >= 15 is 0 Å². The number of aryl methyl sites for hydroxylation is 2. The maximum absolute atomic E-state index is 12.5. The molecule has 0 saturated heterocycles. The minimum atomic E-state index is -0.637. The van der Waals surface area contributed by atoms with Crippen molar-refractivity contribution in [2.75, 3.05) is 11.9 Å². The highest BCUT2D eigenvalue weighted by Crippen LogP contribution is 2.21. The fourth-order valence-corrected chi connectivity index (χ4v) is 2.28. The summed E-state index contributed by atoms with van der Waals surface area (Å²) in [6.07, 6.45) is 0. The van der Waals surface area contributed by atoms with Gasteiger partial charge in [0, 0.05) is 12.7 Å². The largest absolute Gasteiger partial charge is 0.316 e. The minimum absolute atomic E-state index is 0.110. The molecule has 2 N–H and O–H groups in total. The molecule has 0 heterocycles. The molecule has 1 atom stereocenters. The van der Waals surface area contributed by atoms with Crippen molar-refractivity contribution >= 4 is 11.6 Å². The molecule has 0 spiro atoms. The van der Waals surface area contributed by atoms with Gasteiger partial charge in [0.15, 0.2) is 0 Å². The van der Waals surface area contributed by atoms with E-state index in [0.29, 0.717) is 0 Å². The number of likely N-dealkylation sites (N-methyl/N-ethyl adjacent to an activating group) is 1. The van der Waals surface area contributed by atoms with Crippen molar-refractivity contribution in [1.82, 2.24) is 0 Å². The summed E-state index contributed by atoms with van der Waals surface area (Å²) >= 11 is 0. The summed E-state index contributed by atoms with van der Waals surface area (Å²) in [6.45, 7) is 4.04. The number of carbonyl (C=O) groups excluding carboxylic acids is 1. The van der Waals surface area contributed by atoms with Gasteiger partial charge in [0.25, 0.3) is 0 Å². The lowest BCUT2D eigenvalue weighted by Gasteiger charge is -2.22. The van der Waals surface area contributed by atoms with Crippen LogP contribution >= 0.6 is 0 Å². The van der Waals surface area contributed by atoms with Crippen LogP contribution in [0.5, 0.6) is 0 Å². The number of nitrogens with two attached hydrogens (primary N) is 1. The van der Waals surface area contributed by atoms with Crippen molar-refractivity contribution in [3.8, 4) is 0 Å². The molecular formula is C17H20N2O. The highest BCUT2D eigenvalue weighted by Gasteiger charge is 2.20. The molecule has 0 aliphatic rings. The van der Waals surface area contributed by atoms with Gasteiger partial charge in [0.05, 0.1) is 0 Å². The number of nitrogens with zero attached hydrogens (tertiary/aromatic N) is 1. The Bertz CT molecular complexity index is 587. The average Bonchev–Trinajstić information content (AvgIpc) is 2.45. The fourth-order valence-electron chi connectivity index (χ4n) is 2.28. The topological polar surface area (TPSA) is 46.3 Å². The van der Waals surface area contributed by atoms with E-state index in [9.17, 15) is 4.79 Å². The number of anilines is 1. The van der Waals surface area contributed by atoms with Crippen molar-refractivity contribution in [3.63, 3.8) is 0 Å². The van der Waals surface area contributed by atoms with Gasteiger partial charge in [-0.3, -0.25) is 4.79 Å². The Labute approximate surface area is 120 Å². The van der Waals surface area contributed by atoms with Crippen LogP contribution in [0.25, 0.3) is 0 Å². The molecular weight excluding hydrogens is 248 g/mol. The first kappa shape index (κ1) is 14.3. The van der Waals surface area contributed by atoms with Gasteiger partial charge in [0.2, 0.25) is 5.91 Å². The van der Waals surface area contributed by atoms with E-state index in [1.165, 1.54) is 0 Å². The molecule has 0 aromatic heterocycles. The molecule has 3 heteroatoms. The molecule has 0 bridgehead atoms. The molecule has 0 unspecified atom stereocenters. The summed E-state index contributed by atoms with van der Waals surface area (Å²) in [5, 5.41) is 0. The maximum atomic E-state index is 12.5. The molecule has 3 nitrogen and oxygen atoms in total. The number of carbonyl (C=O) groups is 1. The molecule has 0 fully saturated rings. The van der Waals surface area contributed by atoms with E-state index in [4.69, 9.17) is 5.73 Å². The second-order valence-corrected chi connectivity index (χ2v) is 5.13. The molecule has 20 heavy (non-hydrogen) atoms. The third-order valence-corrected chi connectivity index (χ3v) is 3.35. The van der Waals surface area contributed by atoms with Gasteiger partial charge in [-0.15, -0.1) is 0 Å². The molecule has 0 radical (unpaired) electrons. The van der Waals surface area contributed by atoms with Gasteiger partial charge < -0.3 is 10.6 Å². The van der Waals surface area contributed by atoms with Crippen LogP contribution in [-0.4, -0.2) is 13.0 Å². The van der Waals surface area contributed by atoms with Crippen LogP contribution in [-0.2, 0) is 4.79 Å². The summed E-state index contributed by atoms with van der Waals surface area (Å²) in [4.78, 5) is 14.1. The Balaban J connectivity index is 2.24. The van der Waals surface area contributed by atoms with Gasteiger partial charge in [0.1, 0.15) is 6.04 Å². The third-order valence-electron chi connectivity index (χ3n) is 3.35. The van der Waals surface area contributed by atoms with E-state index in [-0.39, 0.29) is 5.91 Å². The zero-order valence-electron chi connectivity index (χ0n) is 12.1. The number of hydrogen-bond acceptors (Lipinski definition) is 2. The molecule has 2 rings (SSSR count). The van der Waals surface area contributed by atoms with E-state index in [1.807, 2.05) is 56.3 Å². The molecule has 0 aliphatic carbocycles. The molecule has 0 aliphatic heterocycles. The Morgan fingerprint density at radius 1 is 1.05 bits per heavy atom. The number of hydrogen-bond donors (Lipinski definition) is 1. The van der Waals surface area contributed by atoms with E-state index in [0.717, 1.165) is 22.4 Å². The summed E-state index contributed by atoms with van der Waals surface area (Å²) < 4.78 is 0. The zero-order chi connectivity index (χ0) is 14.7. The van der Waals surface area contributed by atoms with Crippen LogP contribution in [0.2, 0.25) is 0 Å². The zero-order valence-corrected chi connectivity index (χ0v) is 12.1. The van der Waals surface area contributed by atoms with Crippen LogP contribution in [0, 0.1) is 13.8 Å². The number of amides is 1. The second kappa shape index (κ2) is 5.88. The van der Waals surface area contributed by atoms with Gasteiger partial charge in [-0.25, -0.2) is 0 Å². The predicted octanol–water partition coefficient (Wildman–Crippen LogP) is 2.97. The summed E-state index contributed by atoms with van der Waals surface area (Å²) in [6, 6.07) is 14.9. The molecule has 1 amide bonds. The standard InChI is InChI=1S/C17H20N2O/c1-12-9-13(2)11-15(10-12)19(3)17(20)16(18)14-7-5-4-6-8-14/h4-11,16H,18H2,1-3H3/t16-/m1/s1. The average molecular weight is 268 g/mol. The normalized spacial score (nSPS) is 12.0. The Hall–Kier alpha value is -2.13. The first-order valence-electron chi connectivity index (χ1n) is 6.65. The molecule has 2 aromatic carbocycles. The Morgan fingerprint density at radius 2 is 1.60 bits per heavy atom. The second-order valence-electron chi connectivity index (χ2n) is 5.13. The van der Waals surface area contributed by atoms with Gasteiger partial charge >= 0.3 is 0 Å². The Kier molecular flexibility index (Phi) is 4.20. The number of benzene rings is 2. The monoisotopic (exact) mass is 268 g/mol. The number of rotatable bonds is 3. The lowest BCUT2D eigenvalue weighted by Crippen LogP contribution is -2.35. The SMILES string of the molecule is Cc1cc(C)cc(N(C)C(=O)[C@H](N)c2ccccc2)c1. The van der Waals surface area contributed by atoms with Crippen LogP contribution in [0.1, 0.15) is 22.7 Å². The Morgan fingerprint density at radius 3 is 2.15 bits per heavy atom. The predicted molar refractivity (Wildman–Crippen MR) is 82.7 cm³/mol. The van der Waals surface area contributed by atoms with Crippen molar-refractivity contribution in [3.05, 3.63) is 65.2 Å². The van der Waals surface area contributed by atoms with Crippen molar-refractivity contribution in [1.29, 1.82) is 0 Å². The maximum Gasteiger partial charge on any atom is 0.248 e. The first-order valence-corrected chi connectivity index (χ1v) is 6.65. The fraction of sp³-hybridized carbons (Fsp3) is 0.235. The van der Waals surface area contributed by atoms with Gasteiger partial charge in [-0.1, -0.05) is 36.4 Å². The summed E-state index contributed by atoms with van der Waals surface area (Å²) in [7, 11) is 1.76. The highest BCUT2D eigenvalue weighted by molar-refractivity contribution is 5.97. The van der Waals surface area contributed by atoms with Crippen molar-refractivity contribution < 1.29 is 4.79 Å². The van der Waals surface area contributed by atoms with Gasteiger partial charge in [-0.05, 0) is 42.7 Å². The van der Waals surface area contributed by atoms with Gasteiger partial charge in [-0.2, -0.15) is 0 Å². The quantitative estimate of drug-likeness (QED) is 0.930. The lowest BCUT2D eigenvalue weighted by molar-refractivity contribution is -0.119.